The molecule has 1 aliphatic carbocycles. The molecule has 2 unspecified atom stereocenters. The van der Waals surface area contributed by atoms with Crippen LogP contribution in [0.1, 0.15) is 67.9 Å². The summed E-state index contributed by atoms with van der Waals surface area (Å²) in [6.07, 6.45) is 3.96. The van der Waals surface area contributed by atoms with E-state index in [4.69, 9.17) is 11.6 Å². The molecule has 2 aromatic rings. The summed E-state index contributed by atoms with van der Waals surface area (Å²) in [5, 5.41) is 14.4. The molecule has 2 aliphatic heterocycles. The van der Waals surface area contributed by atoms with Crippen LogP contribution in [0.5, 0.6) is 0 Å². The second-order valence-electron chi connectivity index (χ2n) is 10.7. The van der Waals surface area contributed by atoms with E-state index in [9.17, 15) is 14.7 Å². The number of halogens is 1. The van der Waals surface area contributed by atoms with Crippen LogP contribution in [0.4, 0.5) is 5.82 Å². The maximum absolute atomic E-state index is 13.2. The van der Waals surface area contributed by atoms with Gasteiger partial charge in [-0.3, -0.25) is 9.69 Å². The van der Waals surface area contributed by atoms with Crippen molar-refractivity contribution in [1.82, 2.24) is 25.1 Å². The largest absolute Gasteiger partial charge is 0.387 e. The average molecular weight is 541 g/mol. The lowest BCUT2D eigenvalue weighted by Crippen LogP contribution is -2.62. The van der Waals surface area contributed by atoms with Gasteiger partial charge in [-0.05, 0) is 56.0 Å². The van der Waals surface area contributed by atoms with E-state index in [1.54, 1.807) is 25.4 Å². The lowest BCUT2D eigenvalue weighted by atomic mass is 9.92. The fraction of sp³-hybridized carbons (Fsp3) is 0.571. The maximum Gasteiger partial charge on any atom is 0.220 e. The summed E-state index contributed by atoms with van der Waals surface area (Å²) in [5.74, 6) is 0.568. The van der Waals surface area contributed by atoms with E-state index >= 15 is 0 Å². The number of piperidine rings is 1. The van der Waals surface area contributed by atoms with Crippen molar-refractivity contribution < 1.29 is 14.7 Å². The molecule has 0 bridgehead atoms. The zero-order valence-corrected chi connectivity index (χ0v) is 22.8. The topological polar surface area (TPSA) is 102 Å². The standard InChI is InChI=1S/C28H37ClN6O3/c1-18-15-24(38)26-25(18)27(32-17-31-26)33-11-13-34(14-12-33)28(23(16-36)20-3-5-21(29)6-4-20)35(19(2)37)22-7-9-30-10-8-22/h3-6,16-18,22-24,28,30,38H,7-15H2,1-2H3/t18-,23?,24-,28?/m1/s1. The number of hydrogen-bond acceptors (Lipinski definition) is 8. The molecule has 5 rings (SSSR count). The van der Waals surface area contributed by atoms with Crippen molar-refractivity contribution >= 4 is 29.6 Å². The van der Waals surface area contributed by atoms with Gasteiger partial charge in [-0.1, -0.05) is 30.7 Å². The van der Waals surface area contributed by atoms with Gasteiger partial charge in [0.25, 0.3) is 0 Å². The first-order valence-electron chi connectivity index (χ1n) is 13.6. The monoisotopic (exact) mass is 540 g/mol. The molecule has 10 heteroatoms. The molecule has 0 spiro atoms. The molecule has 3 aliphatic rings. The highest BCUT2D eigenvalue weighted by atomic mass is 35.5. The van der Waals surface area contributed by atoms with Crippen LogP contribution < -0.4 is 10.2 Å². The summed E-state index contributed by atoms with van der Waals surface area (Å²) < 4.78 is 0. The second kappa shape index (κ2) is 11.7. The Kier molecular flexibility index (Phi) is 8.28. The van der Waals surface area contributed by atoms with Gasteiger partial charge < -0.3 is 25.0 Å². The molecule has 38 heavy (non-hydrogen) atoms. The van der Waals surface area contributed by atoms with E-state index in [1.165, 1.54) is 0 Å². The summed E-state index contributed by atoms with van der Waals surface area (Å²) in [5.41, 5.74) is 2.63. The van der Waals surface area contributed by atoms with Crippen LogP contribution in [0.2, 0.25) is 5.02 Å². The van der Waals surface area contributed by atoms with Crippen molar-refractivity contribution in [3.8, 4) is 0 Å². The van der Waals surface area contributed by atoms with E-state index in [0.29, 0.717) is 37.6 Å². The van der Waals surface area contributed by atoms with Crippen LogP contribution in [-0.2, 0) is 9.59 Å². The number of nitrogens with one attached hydrogen (secondary N) is 1. The molecule has 2 fully saturated rings. The summed E-state index contributed by atoms with van der Waals surface area (Å²) >= 11 is 6.15. The number of fused-ring (bicyclic) bond motifs is 1. The zero-order valence-electron chi connectivity index (χ0n) is 22.1. The fourth-order valence-corrected chi connectivity index (χ4v) is 6.60. The van der Waals surface area contributed by atoms with Gasteiger partial charge in [0.05, 0.1) is 23.9 Å². The van der Waals surface area contributed by atoms with Gasteiger partial charge in [-0.2, -0.15) is 0 Å². The lowest BCUT2D eigenvalue weighted by Gasteiger charge is -2.49. The predicted octanol–water partition coefficient (Wildman–Crippen LogP) is 2.70. The molecule has 9 nitrogen and oxygen atoms in total. The van der Waals surface area contributed by atoms with E-state index in [2.05, 4.69) is 32.0 Å². The van der Waals surface area contributed by atoms with Crippen LogP contribution in [0.15, 0.2) is 30.6 Å². The highest BCUT2D eigenvalue weighted by Gasteiger charge is 2.41. The van der Waals surface area contributed by atoms with Crippen molar-refractivity contribution in [3.05, 3.63) is 52.4 Å². The lowest BCUT2D eigenvalue weighted by molar-refractivity contribution is -0.142. The van der Waals surface area contributed by atoms with Crippen LogP contribution in [0, 0.1) is 0 Å². The molecule has 1 aromatic heterocycles. The minimum Gasteiger partial charge on any atom is -0.387 e. The summed E-state index contributed by atoms with van der Waals surface area (Å²) in [6.45, 7) is 8.18. The highest BCUT2D eigenvalue weighted by molar-refractivity contribution is 6.30. The number of benzene rings is 1. The summed E-state index contributed by atoms with van der Waals surface area (Å²) in [4.78, 5) is 41.4. The van der Waals surface area contributed by atoms with Crippen molar-refractivity contribution in [2.45, 2.75) is 63.3 Å². The number of amides is 1. The van der Waals surface area contributed by atoms with Gasteiger partial charge in [0.15, 0.2) is 0 Å². The van der Waals surface area contributed by atoms with E-state index in [0.717, 1.165) is 54.9 Å². The number of anilines is 1. The maximum atomic E-state index is 13.2. The van der Waals surface area contributed by atoms with Gasteiger partial charge in [-0.25, -0.2) is 9.97 Å². The summed E-state index contributed by atoms with van der Waals surface area (Å²) in [6, 6.07) is 7.45. The number of nitrogens with zero attached hydrogens (tertiary/aromatic N) is 5. The Balaban J connectivity index is 1.44. The van der Waals surface area contributed by atoms with Crippen LogP contribution in [0.25, 0.3) is 0 Å². The Labute approximate surface area is 229 Å². The molecule has 0 saturated carbocycles. The number of aliphatic hydroxyl groups excluding tert-OH is 1. The molecule has 204 valence electrons. The van der Waals surface area contributed by atoms with Crippen LogP contribution >= 0.6 is 11.6 Å². The Morgan fingerprint density at radius 1 is 1.16 bits per heavy atom. The van der Waals surface area contributed by atoms with E-state index in [1.807, 2.05) is 17.0 Å². The van der Waals surface area contributed by atoms with Gasteiger partial charge in [0.1, 0.15) is 18.4 Å². The first kappa shape index (κ1) is 27.0. The summed E-state index contributed by atoms with van der Waals surface area (Å²) in [7, 11) is 0. The number of aliphatic hydroxyl groups is 1. The molecule has 1 aromatic carbocycles. The number of aldehydes is 1. The van der Waals surface area contributed by atoms with Crippen molar-refractivity contribution in [2.75, 3.05) is 44.2 Å². The van der Waals surface area contributed by atoms with Gasteiger partial charge in [0.2, 0.25) is 5.91 Å². The van der Waals surface area contributed by atoms with Crippen molar-refractivity contribution in [3.63, 3.8) is 0 Å². The quantitative estimate of drug-likeness (QED) is 0.517. The third-order valence-corrected chi connectivity index (χ3v) is 8.59. The minimum atomic E-state index is -0.547. The van der Waals surface area contributed by atoms with Crippen molar-refractivity contribution in [1.29, 1.82) is 0 Å². The number of carbonyl (C=O) groups is 2. The Morgan fingerprint density at radius 2 is 1.84 bits per heavy atom. The molecule has 3 heterocycles. The molecule has 2 saturated heterocycles. The fourth-order valence-electron chi connectivity index (χ4n) is 6.48. The average Bonchev–Trinajstić information content (AvgIpc) is 3.23. The number of hydrogen-bond donors (Lipinski definition) is 2. The third-order valence-electron chi connectivity index (χ3n) is 8.34. The number of rotatable bonds is 7. The Bertz CT molecular complexity index is 1130. The van der Waals surface area contributed by atoms with Gasteiger partial charge in [-0.15, -0.1) is 0 Å². The van der Waals surface area contributed by atoms with E-state index in [-0.39, 0.29) is 17.9 Å². The smallest absolute Gasteiger partial charge is 0.220 e. The molecular weight excluding hydrogens is 504 g/mol. The molecule has 1 amide bonds. The van der Waals surface area contributed by atoms with Gasteiger partial charge in [0, 0.05) is 49.7 Å². The van der Waals surface area contributed by atoms with E-state index < -0.39 is 18.2 Å². The first-order chi connectivity index (χ1) is 18.4. The van der Waals surface area contributed by atoms with Crippen molar-refractivity contribution in [2.24, 2.45) is 0 Å². The van der Waals surface area contributed by atoms with Crippen LogP contribution in [-0.4, -0.2) is 88.5 Å². The SMILES string of the molecule is CC(=O)N(C1CCNCC1)C(C(C=O)c1ccc(Cl)cc1)N1CCN(c2ncnc3c2[C@H](C)C[C@H]3O)CC1. The van der Waals surface area contributed by atoms with Gasteiger partial charge >= 0.3 is 0 Å². The molecule has 4 atom stereocenters. The second-order valence-corrected chi connectivity index (χ2v) is 11.1. The van der Waals surface area contributed by atoms with Crippen LogP contribution in [0.3, 0.4) is 0 Å². The first-order valence-corrected chi connectivity index (χ1v) is 14.0. The molecule has 0 radical (unpaired) electrons. The number of piperazine rings is 1. The molecule has 2 N–H and O–H groups in total. The minimum absolute atomic E-state index is 0.0124. The Hall–Kier alpha value is -2.59. The Morgan fingerprint density at radius 3 is 2.47 bits per heavy atom. The number of carbonyl (C=O) groups excluding carboxylic acids is 2. The zero-order chi connectivity index (χ0) is 26.8. The number of aromatic nitrogens is 2. The third kappa shape index (κ3) is 5.30. The highest BCUT2D eigenvalue weighted by Crippen LogP contribution is 2.43. The molecular formula is C28H37ClN6O3. The normalized spacial score (nSPS) is 24.1. The predicted molar refractivity (Wildman–Crippen MR) is 146 cm³/mol.